The van der Waals surface area contributed by atoms with Gasteiger partial charge in [0, 0.05) is 5.70 Å². The van der Waals surface area contributed by atoms with E-state index in [9.17, 15) is 4.39 Å². The average molecular weight is 129 g/mol. The van der Waals surface area contributed by atoms with Crippen molar-refractivity contribution in [1.82, 2.24) is 0 Å². The zero-order valence-corrected chi connectivity index (χ0v) is 5.82. The lowest BCUT2D eigenvalue weighted by Crippen LogP contribution is -2.10. The average Bonchev–Trinajstić information content (AvgIpc) is 1.84. The van der Waals surface area contributed by atoms with E-state index < -0.39 is 6.17 Å². The molecule has 0 aliphatic rings. The number of hydrogen-bond acceptors (Lipinski definition) is 1. The van der Waals surface area contributed by atoms with Crippen LogP contribution in [0.2, 0.25) is 0 Å². The molecule has 52 valence electrons. The SMILES string of the molecule is C=C/C(C)=C(/N)C(C)F. The van der Waals surface area contributed by atoms with Crippen LogP contribution in [0.1, 0.15) is 13.8 Å². The number of allylic oxidation sites excluding steroid dienone is 3. The minimum Gasteiger partial charge on any atom is -0.399 e. The normalized spacial score (nSPS) is 16.3. The molecule has 0 radical (unpaired) electrons. The summed E-state index contributed by atoms with van der Waals surface area (Å²) < 4.78 is 12.3. The third-order valence-corrected chi connectivity index (χ3v) is 1.19. The molecule has 0 spiro atoms. The predicted molar refractivity (Wildman–Crippen MR) is 37.7 cm³/mol. The molecule has 0 aromatic carbocycles. The molecule has 1 atom stereocenters. The van der Waals surface area contributed by atoms with E-state index in [-0.39, 0.29) is 5.70 Å². The highest BCUT2D eigenvalue weighted by molar-refractivity contribution is 5.21. The lowest BCUT2D eigenvalue weighted by molar-refractivity contribution is 0.406. The summed E-state index contributed by atoms with van der Waals surface area (Å²) in [7, 11) is 0. The lowest BCUT2D eigenvalue weighted by atomic mass is 10.2. The van der Waals surface area contributed by atoms with Crippen molar-refractivity contribution >= 4 is 0 Å². The third kappa shape index (κ3) is 2.31. The van der Waals surface area contributed by atoms with Gasteiger partial charge in [-0.1, -0.05) is 12.7 Å². The Morgan fingerprint density at radius 3 is 2.33 bits per heavy atom. The second-order valence-corrected chi connectivity index (χ2v) is 1.96. The maximum atomic E-state index is 12.3. The summed E-state index contributed by atoms with van der Waals surface area (Å²) in [5.74, 6) is 0. The fourth-order valence-corrected chi connectivity index (χ4v) is 0.432. The highest BCUT2D eigenvalue weighted by Crippen LogP contribution is 2.05. The molecular weight excluding hydrogens is 117 g/mol. The minimum atomic E-state index is -1.07. The van der Waals surface area contributed by atoms with Crippen LogP contribution in [0.5, 0.6) is 0 Å². The zero-order valence-electron chi connectivity index (χ0n) is 5.82. The van der Waals surface area contributed by atoms with Gasteiger partial charge in [0.25, 0.3) is 0 Å². The molecule has 2 N–H and O–H groups in total. The van der Waals surface area contributed by atoms with Gasteiger partial charge < -0.3 is 5.73 Å². The second kappa shape index (κ2) is 3.28. The van der Waals surface area contributed by atoms with E-state index in [1.165, 1.54) is 6.92 Å². The van der Waals surface area contributed by atoms with Gasteiger partial charge in [0.1, 0.15) is 6.17 Å². The first-order chi connectivity index (χ1) is 4.09. The molecule has 0 aromatic rings. The summed E-state index contributed by atoms with van der Waals surface area (Å²) in [6.45, 7) is 6.60. The minimum absolute atomic E-state index is 0.269. The Balaban J connectivity index is 4.27. The molecule has 0 aliphatic carbocycles. The molecule has 9 heavy (non-hydrogen) atoms. The summed E-state index contributed by atoms with van der Waals surface area (Å²) in [6.07, 6.45) is 0.480. The van der Waals surface area contributed by atoms with Crippen LogP contribution in [0.15, 0.2) is 23.9 Å². The Bertz CT molecular complexity index is 136. The largest absolute Gasteiger partial charge is 0.399 e. The van der Waals surface area contributed by atoms with Crippen molar-refractivity contribution in [3.63, 3.8) is 0 Å². The van der Waals surface area contributed by atoms with E-state index in [1.54, 1.807) is 13.0 Å². The maximum Gasteiger partial charge on any atom is 0.137 e. The molecule has 2 heteroatoms. The summed E-state index contributed by atoms with van der Waals surface area (Å²) in [5, 5.41) is 0. The molecular formula is C7H12FN. The van der Waals surface area contributed by atoms with Gasteiger partial charge in [0.15, 0.2) is 0 Å². The highest BCUT2D eigenvalue weighted by Gasteiger charge is 2.02. The number of nitrogens with two attached hydrogens (primary N) is 1. The molecule has 1 unspecified atom stereocenters. The van der Waals surface area contributed by atoms with E-state index in [0.717, 1.165) is 0 Å². The molecule has 0 saturated carbocycles. The van der Waals surface area contributed by atoms with Crippen molar-refractivity contribution in [3.05, 3.63) is 23.9 Å². The standard InChI is InChI=1S/C7H12FN/c1-4-5(2)7(9)6(3)8/h4,6H,1,9H2,2-3H3/b7-5+. The fourth-order valence-electron chi connectivity index (χ4n) is 0.432. The Morgan fingerprint density at radius 2 is 2.22 bits per heavy atom. The first kappa shape index (κ1) is 8.21. The molecule has 0 aromatic heterocycles. The van der Waals surface area contributed by atoms with E-state index in [0.29, 0.717) is 5.57 Å². The topological polar surface area (TPSA) is 26.0 Å². The zero-order chi connectivity index (χ0) is 7.44. The van der Waals surface area contributed by atoms with Gasteiger partial charge in [0.2, 0.25) is 0 Å². The predicted octanol–water partition coefficient (Wildman–Crippen LogP) is 1.76. The van der Waals surface area contributed by atoms with Crippen molar-refractivity contribution in [1.29, 1.82) is 0 Å². The molecule has 0 fully saturated rings. The van der Waals surface area contributed by atoms with Crippen LogP contribution in [0.4, 0.5) is 4.39 Å². The molecule has 0 saturated heterocycles. The lowest BCUT2D eigenvalue weighted by Gasteiger charge is -2.03. The van der Waals surface area contributed by atoms with Crippen LogP contribution in [-0.2, 0) is 0 Å². The Kier molecular flexibility index (Phi) is 2.99. The maximum absolute atomic E-state index is 12.3. The van der Waals surface area contributed by atoms with Crippen LogP contribution in [0, 0.1) is 0 Å². The van der Waals surface area contributed by atoms with Gasteiger partial charge in [-0.05, 0) is 19.4 Å². The third-order valence-electron chi connectivity index (χ3n) is 1.19. The second-order valence-electron chi connectivity index (χ2n) is 1.96. The summed E-state index contributed by atoms with van der Waals surface area (Å²) in [4.78, 5) is 0. The van der Waals surface area contributed by atoms with Crippen molar-refractivity contribution in [2.45, 2.75) is 20.0 Å². The van der Waals surface area contributed by atoms with Crippen LogP contribution >= 0.6 is 0 Å². The quantitative estimate of drug-likeness (QED) is 0.565. The molecule has 0 amide bonds. The molecule has 0 heterocycles. The molecule has 0 rings (SSSR count). The first-order valence-electron chi connectivity index (χ1n) is 2.82. The fraction of sp³-hybridized carbons (Fsp3) is 0.429. The van der Waals surface area contributed by atoms with Gasteiger partial charge in [-0.15, -0.1) is 0 Å². The van der Waals surface area contributed by atoms with Gasteiger partial charge in [0.05, 0.1) is 0 Å². The van der Waals surface area contributed by atoms with Gasteiger partial charge in [-0.2, -0.15) is 0 Å². The van der Waals surface area contributed by atoms with Gasteiger partial charge in [-0.3, -0.25) is 0 Å². The van der Waals surface area contributed by atoms with E-state index in [2.05, 4.69) is 6.58 Å². The van der Waals surface area contributed by atoms with Crippen molar-refractivity contribution < 1.29 is 4.39 Å². The number of alkyl halides is 1. The smallest absolute Gasteiger partial charge is 0.137 e. The molecule has 0 bridgehead atoms. The Hall–Kier alpha value is -0.790. The molecule has 1 nitrogen and oxygen atoms in total. The van der Waals surface area contributed by atoms with Crippen LogP contribution < -0.4 is 5.73 Å². The van der Waals surface area contributed by atoms with Crippen LogP contribution in [0.25, 0.3) is 0 Å². The summed E-state index contributed by atoms with van der Waals surface area (Å²) in [6, 6.07) is 0. The highest BCUT2D eigenvalue weighted by atomic mass is 19.1. The van der Waals surface area contributed by atoms with E-state index >= 15 is 0 Å². The van der Waals surface area contributed by atoms with E-state index in [1.807, 2.05) is 0 Å². The molecule has 0 aliphatic heterocycles. The number of hydrogen-bond donors (Lipinski definition) is 1. The van der Waals surface area contributed by atoms with Gasteiger partial charge in [-0.25, -0.2) is 4.39 Å². The van der Waals surface area contributed by atoms with Crippen molar-refractivity contribution in [3.8, 4) is 0 Å². The van der Waals surface area contributed by atoms with Crippen LogP contribution in [-0.4, -0.2) is 6.17 Å². The van der Waals surface area contributed by atoms with Crippen LogP contribution in [0.3, 0.4) is 0 Å². The first-order valence-corrected chi connectivity index (χ1v) is 2.82. The van der Waals surface area contributed by atoms with Crippen molar-refractivity contribution in [2.24, 2.45) is 5.73 Å². The Morgan fingerprint density at radius 1 is 1.78 bits per heavy atom. The van der Waals surface area contributed by atoms with Gasteiger partial charge >= 0.3 is 0 Å². The van der Waals surface area contributed by atoms with E-state index in [4.69, 9.17) is 5.73 Å². The number of rotatable bonds is 2. The summed E-state index contributed by atoms with van der Waals surface area (Å²) in [5.41, 5.74) is 6.29. The summed E-state index contributed by atoms with van der Waals surface area (Å²) >= 11 is 0. The monoisotopic (exact) mass is 129 g/mol. The van der Waals surface area contributed by atoms with Crippen molar-refractivity contribution in [2.75, 3.05) is 0 Å². The Labute approximate surface area is 55.1 Å². The number of halogens is 1.